The van der Waals surface area contributed by atoms with E-state index >= 15 is 0 Å². The van der Waals surface area contributed by atoms with Crippen molar-refractivity contribution in [3.05, 3.63) is 29.8 Å². The molecule has 1 aliphatic rings. The summed E-state index contributed by atoms with van der Waals surface area (Å²) in [6, 6.07) is 7.37. The van der Waals surface area contributed by atoms with E-state index in [-0.39, 0.29) is 17.9 Å². The highest BCUT2D eigenvalue weighted by atomic mass is 16.3. The minimum atomic E-state index is -0.199. The number of phenols is 1. The van der Waals surface area contributed by atoms with Gasteiger partial charge in [-0.05, 0) is 37.1 Å². The lowest BCUT2D eigenvalue weighted by Crippen LogP contribution is -2.34. The van der Waals surface area contributed by atoms with Gasteiger partial charge in [-0.15, -0.1) is 0 Å². The first-order chi connectivity index (χ1) is 6.75. The Balaban J connectivity index is 2.10. The molecular formula is C11H15NO2. The maximum Gasteiger partial charge on any atom is 0.115 e. The van der Waals surface area contributed by atoms with Crippen molar-refractivity contribution in [2.75, 3.05) is 6.54 Å². The van der Waals surface area contributed by atoms with E-state index in [1.165, 1.54) is 0 Å². The summed E-state index contributed by atoms with van der Waals surface area (Å²) in [4.78, 5) is 0. The number of phenolic OH excluding ortho intramolecular Hbond substituents is 1. The van der Waals surface area contributed by atoms with E-state index in [1.807, 2.05) is 12.1 Å². The van der Waals surface area contributed by atoms with Crippen LogP contribution in [0.1, 0.15) is 24.4 Å². The smallest absolute Gasteiger partial charge is 0.115 e. The maximum atomic E-state index is 9.51. The van der Waals surface area contributed by atoms with Crippen molar-refractivity contribution in [1.82, 2.24) is 5.32 Å². The van der Waals surface area contributed by atoms with Gasteiger partial charge in [-0.1, -0.05) is 12.1 Å². The average Bonchev–Trinajstić information content (AvgIpc) is 2.19. The van der Waals surface area contributed by atoms with Crippen molar-refractivity contribution in [2.45, 2.75) is 25.0 Å². The van der Waals surface area contributed by atoms with Crippen LogP contribution in [0.3, 0.4) is 0 Å². The van der Waals surface area contributed by atoms with Gasteiger partial charge in [-0.2, -0.15) is 0 Å². The molecule has 2 rings (SSSR count). The Hall–Kier alpha value is -1.06. The first-order valence-corrected chi connectivity index (χ1v) is 4.96. The third-order valence-corrected chi connectivity index (χ3v) is 2.67. The van der Waals surface area contributed by atoms with Gasteiger partial charge in [0.25, 0.3) is 0 Å². The fourth-order valence-corrected chi connectivity index (χ4v) is 1.86. The summed E-state index contributed by atoms with van der Waals surface area (Å²) < 4.78 is 0. The summed E-state index contributed by atoms with van der Waals surface area (Å²) in [6.07, 6.45) is 1.38. The first kappa shape index (κ1) is 9.49. The zero-order valence-corrected chi connectivity index (χ0v) is 7.98. The fourth-order valence-electron chi connectivity index (χ4n) is 1.86. The molecule has 0 aliphatic carbocycles. The van der Waals surface area contributed by atoms with E-state index in [2.05, 4.69) is 5.32 Å². The van der Waals surface area contributed by atoms with Crippen molar-refractivity contribution in [3.8, 4) is 5.75 Å². The largest absolute Gasteiger partial charge is 0.508 e. The zero-order valence-electron chi connectivity index (χ0n) is 7.98. The van der Waals surface area contributed by atoms with Gasteiger partial charge in [0.15, 0.2) is 0 Å². The van der Waals surface area contributed by atoms with Crippen LogP contribution in [0.15, 0.2) is 24.3 Å². The van der Waals surface area contributed by atoms with Crippen LogP contribution in [0.2, 0.25) is 0 Å². The second-order valence-corrected chi connectivity index (χ2v) is 3.78. The SMILES string of the molecule is Oc1ccc(C2CC(O)CCN2)cc1. The van der Waals surface area contributed by atoms with Crippen LogP contribution in [0.5, 0.6) is 5.75 Å². The summed E-state index contributed by atoms with van der Waals surface area (Å²) in [7, 11) is 0. The highest BCUT2D eigenvalue weighted by Gasteiger charge is 2.20. The van der Waals surface area contributed by atoms with E-state index in [1.54, 1.807) is 12.1 Å². The zero-order chi connectivity index (χ0) is 9.97. The summed E-state index contributed by atoms with van der Waals surface area (Å²) >= 11 is 0. The molecule has 14 heavy (non-hydrogen) atoms. The highest BCUT2D eigenvalue weighted by Crippen LogP contribution is 2.24. The molecular weight excluding hydrogens is 178 g/mol. The molecule has 3 nitrogen and oxygen atoms in total. The van der Waals surface area contributed by atoms with Crippen molar-refractivity contribution >= 4 is 0 Å². The molecule has 0 aromatic heterocycles. The molecule has 3 N–H and O–H groups in total. The molecule has 0 radical (unpaired) electrons. The summed E-state index contributed by atoms with van der Waals surface area (Å²) in [6.45, 7) is 0.854. The van der Waals surface area contributed by atoms with Gasteiger partial charge in [-0.25, -0.2) is 0 Å². The van der Waals surface area contributed by atoms with Gasteiger partial charge < -0.3 is 15.5 Å². The molecule has 3 heteroatoms. The van der Waals surface area contributed by atoms with E-state index in [4.69, 9.17) is 5.11 Å². The molecule has 2 unspecified atom stereocenters. The van der Waals surface area contributed by atoms with Gasteiger partial charge in [0.05, 0.1) is 6.10 Å². The lowest BCUT2D eigenvalue weighted by atomic mass is 9.95. The maximum absolute atomic E-state index is 9.51. The number of hydrogen-bond donors (Lipinski definition) is 3. The highest BCUT2D eigenvalue weighted by molar-refractivity contribution is 5.28. The van der Waals surface area contributed by atoms with Crippen LogP contribution in [0.4, 0.5) is 0 Å². The summed E-state index contributed by atoms with van der Waals surface area (Å²) in [5, 5.41) is 22.0. The molecule has 1 aliphatic heterocycles. The number of aliphatic hydroxyl groups is 1. The predicted octanol–water partition coefficient (Wildman–Crippen LogP) is 1.18. The molecule has 76 valence electrons. The molecule has 1 saturated heterocycles. The molecule has 0 saturated carbocycles. The van der Waals surface area contributed by atoms with Crippen molar-refractivity contribution < 1.29 is 10.2 Å². The molecule has 1 aromatic rings. The lowest BCUT2D eigenvalue weighted by molar-refractivity contribution is 0.117. The summed E-state index contributed by atoms with van der Waals surface area (Å²) in [5.74, 6) is 0.283. The third-order valence-electron chi connectivity index (χ3n) is 2.67. The molecule has 0 bridgehead atoms. The number of hydrogen-bond acceptors (Lipinski definition) is 3. The van der Waals surface area contributed by atoms with Crippen molar-refractivity contribution in [1.29, 1.82) is 0 Å². The average molecular weight is 193 g/mol. The molecule has 1 fully saturated rings. The minimum absolute atomic E-state index is 0.199. The van der Waals surface area contributed by atoms with Gasteiger partial charge >= 0.3 is 0 Å². The van der Waals surface area contributed by atoms with Crippen LogP contribution in [0, 0.1) is 0 Å². The number of aromatic hydroxyl groups is 1. The monoisotopic (exact) mass is 193 g/mol. The van der Waals surface area contributed by atoms with E-state index in [9.17, 15) is 5.11 Å². The van der Waals surface area contributed by atoms with Crippen molar-refractivity contribution in [2.24, 2.45) is 0 Å². The van der Waals surface area contributed by atoms with Crippen LogP contribution in [0.25, 0.3) is 0 Å². The van der Waals surface area contributed by atoms with Crippen molar-refractivity contribution in [3.63, 3.8) is 0 Å². The topological polar surface area (TPSA) is 52.5 Å². The Morgan fingerprint density at radius 3 is 2.57 bits per heavy atom. The van der Waals surface area contributed by atoms with Crippen LogP contribution in [-0.2, 0) is 0 Å². The Kier molecular flexibility index (Phi) is 2.70. The fraction of sp³-hybridized carbons (Fsp3) is 0.455. The normalized spacial score (nSPS) is 27.5. The van der Waals surface area contributed by atoms with Gasteiger partial charge in [0.2, 0.25) is 0 Å². The molecule has 2 atom stereocenters. The number of rotatable bonds is 1. The quantitative estimate of drug-likeness (QED) is 0.627. The van der Waals surface area contributed by atoms with Gasteiger partial charge in [0, 0.05) is 6.04 Å². The number of nitrogens with one attached hydrogen (secondary N) is 1. The standard InChI is InChI=1S/C11H15NO2/c13-9-3-1-8(2-4-9)11-7-10(14)5-6-12-11/h1-4,10-14H,5-7H2. The number of aliphatic hydroxyl groups excluding tert-OH is 1. The van der Waals surface area contributed by atoms with Gasteiger partial charge in [0.1, 0.15) is 5.75 Å². The first-order valence-electron chi connectivity index (χ1n) is 4.96. The van der Waals surface area contributed by atoms with E-state index < -0.39 is 0 Å². The Labute approximate surface area is 83.4 Å². The number of benzene rings is 1. The summed E-state index contributed by atoms with van der Waals surface area (Å²) in [5.41, 5.74) is 1.13. The van der Waals surface area contributed by atoms with Crippen LogP contribution in [-0.4, -0.2) is 22.9 Å². The predicted molar refractivity (Wildman–Crippen MR) is 54.1 cm³/mol. The molecule has 1 aromatic carbocycles. The molecule has 0 spiro atoms. The molecule has 1 heterocycles. The Morgan fingerprint density at radius 2 is 1.93 bits per heavy atom. The second kappa shape index (κ2) is 3.98. The van der Waals surface area contributed by atoms with E-state index in [0.717, 1.165) is 24.9 Å². The minimum Gasteiger partial charge on any atom is -0.508 e. The van der Waals surface area contributed by atoms with E-state index in [0.29, 0.717) is 0 Å². The third kappa shape index (κ3) is 2.05. The Morgan fingerprint density at radius 1 is 1.21 bits per heavy atom. The number of piperidine rings is 1. The second-order valence-electron chi connectivity index (χ2n) is 3.78. The van der Waals surface area contributed by atoms with Crippen LogP contribution >= 0.6 is 0 Å². The van der Waals surface area contributed by atoms with Crippen LogP contribution < -0.4 is 5.32 Å². The van der Waals surface area contributed by atoms with Gasteiger partial charge in [-0.3, -0.25) is 0 Å². The molecule has 0 amide bonds. The Bertz CT molecular complexity index is 297. The lowest BCUT2D eigenvalue weighted by Gasteiger charge is -2.27.